The van der Waals surface area contributed by atoms with Gasteiger partial charge in [0.1, 0.15) is 18.2 Å². The number of amidine groups is 1. The molecule has 0 saturated carbocycles. The molecule has 1 atom stereocenters. The van der Waals surface area contributed by atoms with Crippen molar-refractivity contribution in [3.63, 3.8) is 0 Å². The van der Waals surface area contributed by atoms with Gasteiger partial charge in [-0.25, -0.2) is 0 Å². The van der Waals surface area contributed by atoms with E-state index < -0.39 is 7.60 Å². The number of anilines is 1. The van der Waals surface area contributed by atoms with Gasteiger partial charge in [0, 0.05) is 54.0 Å². The number of nitrogens with two attached hydrogens (primary N) is 1. The second-order valence-electron chi connectivity index (χ2n) is 8.07. The monoisotopic (exact) mass is 501 g/mol. The van der Waals surface area contributed by atoms with Crippen molar-refractivity contribution in [2.75, 3.05) is 37.7 Å². The first-order valence-corrected chi connectivity index (χ1v) is 13.1. The van der Waals surface area contributed by atoms with E-state index in [0.717, 1.165) is 37.4 Å². The molecule has 0 radical (unpaired) electrons. The third-order valence-corrected chi connectivity index (χ3v) is 6.79. The van der Waals surface area contributed by atoms with Crippen LogP contribution in [-0.4, -0.2) is 54.5 Å². The van der Waals surface area contributed by atoms with Crippen molar-refractivity contribution >= 4 is 31.1 Å². The van der Waals surface area contributed by atoms with Crippen molar-refractivity contribution < 1.29 is 23.5 Å². The fraction of sp³-hybridized carbons (Fsp3) is 0.375. The lowest BCUT2D eigenvalue weighted by molar-refractivity contribution is -0.125. The van der Waals surface area contributed by atoms with Gasteiger partial charge >= 0.3 is 7.60 Å². The molecule has 1 amide bonds. The third kappa shape index (κ3) is 7.92. The first-order chi connectivity index (χ1) is 16.8. The van der Waals surface area contributed by atoms with Crippen LogP contribution in [0, 0.1) is 11.3 Å². The summed E-state index contributed by atoms with van der Waals surface area (Å²) in [5, 5.41) is 10.6. The zero-order valence-electron chi connectivity index (χ0n) is 19.7. The Hall–Kier alpha value is -3.20. The number of hydrogen-bond acceptors (Lipinski definition) is 7. The Kier molecular flexibility index (Phi) is 9.42. The maximum absolute atomic E-state index is 12.6. The third-order valence-electron chi connectivity index (χ3n) is 5.63. The van der Waals surface area contributed by atoms with Crippen LogP contribution in [0.1, 0.15) is 30.9 Å². The van der Waals surface area contributed by atoms with Crippen molar-refractivity contribution in [2.24, 2.45) is 11.7 Å². The molecule has 1 aromatic carbocycles. The smallest absolute Gasteiger partial charge is 0.351 e. The van der Waals surface area contributed by atoms with Crippen molar-refractivity contribution in [3.05, 3.63) is 59.7 Å². The second-order valence-corrected chi connectivity index (χ2v) is 9.75. The lowest BCUT2D eigenvalue weighted by atomic mass is 9.95. The maximum atomic E-state index is 12.6. The Balaban J connectivity index is 1.52. The maximum Gasteiger partial charge on any atom is 0.351 e. The van der Waals surface area contributed by atoms with Crippen LogP contribution in [0.4, 0.5) is 5.69 Å². The molecular formula is C24H32N5O5P. The molecule has 2 aromatic rings. The lowest BCUT2D eigenvalue weighted by Crippen LogP contribution is -2.41. The number of nitrogen functional groups attached to an aromatic ring is 1. The van der Waals surface area contributed by atoms with Crippen LogP contribution < -0.4 is 20.7 Å². The summed E-state index contributed by atoms with van der Waals surface area (Å²) in [4.78, 5) is 28.7. The largest absolute Gasteiger partial charge is 0.491 e. The number of ether oxygens (including phenoxy) is 1. The highest BCUT2D eigenvalue weighted by Crippen LogP contribution is 2.44. The molecule has 1 unspecified atom stereocenters. The number of aromatic nitrogens is 1. The summed E-state index contributed by atoms with van der Waals surface area (Å²) in [6.07, 6.45) is 6.51. The number of carbonyl (C=O) groups is 1. The number of hydrogen-bond donors (Lipinski definition) is 4. The molecule has 1 fully saturated rings. The molecule has 188 valence electrons. The van der Waals surface area contributed by atoms with Gasteiger partial charge in [-0.3, -0.25) is 19.8 Å². The first-order valence-electron chi connectivity index (χ1n) is 11.5. The van der Waals surface area contributed by atoms with Gasteiger partial charge in [-0.05, 0) is 44.0 Å². The van der Waals surface area contributed by atoms with Crippen molar-refractivity contribution in [1.82, 2.24) is 10.3 Å². The Bertz CT molecular complexity index is 1090. The summed E-state index contributed by atoms with van der Waals surface area (Å²) in [5.41, 5.74) is 7.68. The van der Waals surface area contributed by atoms with E-state index in [1.54, 1.807) is 37.5 Å². The summed E-state index contributed by atoms with van der Waals surface area (Å²) in [7, 11) is -3.86. The molecule has 11 heteroatoms. The highest BCUT2D eigenvalue weighted by Gasteiger charge is 2.25. The lowest BCUT2D eigenvalue weighted by Gasteiger charge is -2.32. The van der Waals surface area contributed by atoms with E-state index in [4.69, 9.17) is 20.4 Å². The zero-order valence-corrected chi connectivity index (χ0v) is 20.6. The van der Waals surface area contributed by atoms with Crippen LogP contribution in [0.25, 0.3) is 6.08 Å². The molecule has 2 heterocycles. The fourth-order valence-electron chi connectivity index (χ4n) is 3.80. The molecular weight excluding hydrogens is 469 g/mol. The second kappa shape index (κ2) is 12.5. The van der Waals surface area contributed by atoms with Crippen LogP contribution in [0.5, 0.6) is 5.75 Å². The summed E-state index contributed by atoms with van der Waals surface area (Å²) in [6.45, 7) is 3.84. The van der Waals surface area contributed by atoms with E-state index in [-0.39, 0.29) is 30.9 Å². The zero-order chi connectivity index (χ0) is 25.3. The number of amides is 1. The van der Waals surface area contributed by atoms with Crippen LogP contribution >= 0.6 is 7.60 Å². The number of pyridine rings is 1. The van der Waals surface area contributed by atoms with Gasteiger partial charge in [0.25, 0.3) is 0 Å². The van der Waals surface area contributed by atoms with E-state index in [9.17, 15) is 14.3 Å². The highest BCUT2D eigenvalue weighted by atomic mass is 31.2. The van der Waals surface area contributed by atoms with Crippen molar-refractivity contribution in [1.29, 1.82) is 5.41 Å². The minimum absolute atomic E-state index is 0.00137. The number of rotatable bonds is 11. The summed E-state index contributed by atoms with van der Waals surface area (Å²) in [6, 6.07) is 8.79. The Morgan fingerprint density at radius 2 is 2.03 bits per heavy atom. The first kappa shape index (κ1) is 26.4. The van der Waals surface area contributed by atoms with E-state index in [1.165, 1.54) is 6.08 Å². The average Bonchev–Trinajstić information content (AvgIpc) is 2.86. The van der Waals surface area contributed by atoms with E-state index >= 15 is 0 Å². The van der Waals surface area contributed by atoms with Crippen molar-refractivity contribution in [2.45, 2.75) is 19.8 Å². The summed E-state index contributed by atoms with van der Waals surface area (Å²) >= 11 is 0. The minimum Gasteiger partial charge on any atom is -0.491 e. The number of carbonyl (C=O) groups excluding carboxylic acids is 1. The number of benzene rings is 1. The van der Waals surface area contributed by atoms with Gasteiger partial charge < -0.3 is 30.1 Å². The fourth-order valence-corrected chi connectivity index (χ4v) is 4.61. The quantitative estimate of drug-likeness (QED) is 0.159. The van der Waals surface area contributed by atoms with Crippen LogP contribution in [0.15, 0.2) is 48.5 Å². The number of nitrogens with zero attached hydrogens (tertiary/aromatic N) is 2. The topological polar surface area (TPSA) is 151 Å². The molecule has 0 bridgehead atoms. The highest BCUT2D eigenvalue weighted by molar-refractivity contribution is 7.56. The van der Waals surface area contributed by atoms with Gasteiger partial charge in [0.15, 0.2) is 0 Å². The number of nitrogens with one attached hydrogen (secondary N) is 2. The number of piperidine rings is 1. The Labute approximate surface area is 205 Å². The SMILES string of the molecule is CCOP(=O)(O)C=Cc1ccc(C(=N)N)cc1OCCNC(=O)C1CCN(c2ccncc2)CC1. The minimum atomic E-state index is -3.86. The predicted octanol–water partition coefficient (Wildman–Crippen LogP) is 2.97. The molecule has 10 nitrogen and oxygen atoms in total. The van der Waals surface area contributed by atoms with Gasteiger partial charge in [-0.1, -0.05) is 12.1 Å². The van der Waals surface area contributed by atoms with Gasteiger partial charge in [0.2, 0.25) is 5.91 Å². The predicted molar refractivity (Wildman–Crippen MR) is 136 cm³/mol. The van der Waals surface area contributed by atoms with Gasteiger partial charge in [-0.15, -0.1) is 0 Å². The molecule has 0 aliphatic carbocycles. The molecule has 1 aliphatic heterocycles. The van der Waals surface area contributed by atoms with Crippen LogP contribution in [0.2, 0.25) is 0 Å². The van der Waals surface area contributed by atoms with Crippen LogP contribution in [-0.2, 0) is 13.9 Å². The van der Waals surface area contributed by atoms with Gasteiger partial charge in [0.05, 0.1) is 13.2 Å². The molecule has 1 aromatic heterocycles. The molecule has 1 saturated heterocycles. The average molecular weight is 502 g/mol. The molecule has 1 aliphatic rings. The molecule has 0 spiro atoms. The van der Waals surface area contributed by atoms with E-state index in [1.807, 2.05) is 12.1 Å². The molecule has 3 rings (SSSR count). The van der Waals surface area contributed by atoms with Crippen molar-refractivity contribution in [3.8, 4) is 5.75 Å². The van der Waals surface area contributed by atoms with Gasteiger partial charge in [-0.2, -0.15) is 0 Å². The Morgan fingerprint density at radius 1 is 1.31 bits per heavy atom. The normalized spacial score (nSPS) is 16.1. The Morgan fingerprint density at radius 3 is 2.69 bits per heavy atom. The molecule has 35 heavy (non-hydrogen) atoms. The molecule has 5 N–H and O–H groups in total. The van der Waals surface area contributed by atoms with E-state index in [2.05, 4.69) is 15.2 Å². The summed E-state index contributed by atoms with van der Waals surface area (Å²) < 4.78 is 22.6. The summed E-state index contributed by atoms with van der Waals surface area (Å²) in [5.74, 6) is 1.29. The standard InChI is InChI=1S/C24H32N5O5P/c1-2-34-35(31,32)16-9-18-3-4-20(23(25)26)17-22(18)33-15-12-28-24(30)19-7-13-29(14-8-19)21-5-10-27-11-6-21/h3-6,9-11,16-17,19H,2,7-8,12-15H2,1H3,(H3,25,26)(H,28,30)(H,31,32). The van der Waals surface area contributed by atoms with E-state index in [0.29, 0.717) is 23.4 Å². The van der Waals surface area contributed by atoms with Crippen LogP contribution in [0.3, 0.4) is 0 Å².